The van der Waals surface area contributed by atoms with Crippen LogP contribution in [0.2, 0.25) is 0 Å². The predicted molar refractivity (Wildman–Crippen MR) is 76.8 cm³/mol. The third-order valence-corrected chi connectivity index (χ3v) is 6.69. The molecule has 0 spiro atoms. The number of rotatable bonds is 4. The average molecular weight is 263 g/mol. The van der Waals surface area contributed by atoms with Gasteiger partial charge in [-0.05, 0) is 74.5 Å². The van der Waals surface area contributed by atoms with E-state index in [0.29, 0.717) is 17.6 Å². The zero-order valence-electron chi connectivity index (χ0n) is 12.2. The molecule has 2 nitrogen and oxygen atoms in total. The maximum absolute atomic E-state index is 6.63. The molecule has 5 rings (SSSR count). The van der Waals surface area contributed by atoms with Crippen LogP contribution in [0.4, 0.5) is 0 Å². The second kappa shape index (κ2) is 4.73. The molecule has 1 atom stereocenters. The van der Waals surface area contributed by atoms with Crippen molar-refractivity contribution >= 4 is 0 Å². The first kappa shape index (κ1) is 12.6. The normalized spacial score (nSPS) is 46.9. The Bertz CT molecular complexity index is 299. The van der Waals surface area contributed by atoms with Gasteiger partial charge in [0, 0.05) is 6.04 Å². The van der Waals surface area contributed by atoms with Crippen LogP contribution in [0.1, 0.15) is 64.2 Å². The van der Waals surface area contributed by atoms with Gasteiger partial charge in [-0.1, -0.05) is 12.8 Å². The van der Waals surface area contributed by atoms with Gasteiger partial charge >= 0.3 is 0 Å². The van der Waals surface area contributed by atoms with Gasteiger partial charge in [-0.15, -0.1) is 0 Å². The molecule has 0 saturated heterocycles. The van der Waals surface area contributed by atoms with Gasteiger partial charge in [-0.25, -0.2) is 0 Å². The summed E-state index contributed by atoms with van der Waals surface area (Å²) in [6.45, 7) is 0.830. The van der Waals surface area contributed by atoms with Crippen molar-refractivity contribution in [1.29, 1.82) is 0 Å². The van der Waals surface area contributed by atoms with Gasteiger partial charge in [0.25, 0.3) is 0 Å². The maximum atomic E-state index is 6.63. The fraction of sp³-hybridized carbons (Fsp3) is 1.00. The highest BCUT2D eigenvalue weighted by molar-refractivity contribution is 5.05. The van der Waals surface area contributed by atoms with Gasteiger partial charge in [-0.2, -0.15) is 0 Å². The molecular formula is C17H29NO. The topological polar surface area (TPSA) is 35.2 Å². The highest BCUT2D eigenvalue weighted by Gasteiger charge is 2.53. The zero-order chi connectivity index (χ0) is 12.9. The second-order valence-corrected chi connectivity index (χ2v) is 8.13. The Hall–Kier alpha value is -0.0800. The molecule has 5 aliphatic rings. The fourth-order valence-electron chi connectivity index (χ4n) is 6.10. The fourth-order valence-corrected chi connectivity index (χ4v) is 6.10. The highest BCUT2D eigenvalue weighted by atomic mass is 16.5. The first-order chi connectivity index (χ1) is 9.23. The van der Waals surface area contributed by atoms with Gasteiger partial charge in [0.2, 0.25) is 0 Å². The van der Waals surface area contributed by atoms with Crippen molar-refractivity contribution in [3.8, 4) is 0 Å². The molecule has 0 aromatic rings. The zero-order valence-corrected chi connectivity index (χ0v) is 12.2. The van der Waals surface area contributed by atoms with Crippen LogP contribution >= 0.6 is 0 Å². The lowest BCUT2D eigenvalue weighted by atomic mass is 9.48. The van der Waals surface area contributed by atoms with Crippen molar-refractivity contribution in [1.82, 2.24) is 0 Å². The molecule has 2 heteroatoms. The lowest BCUT2D eigenvalue weighted by Gasteiger charge is -2.58. The van der Waals surface area contributed by atoms with E-state index in [-0.39, 0.29) is 0 Å². The summed E-state index contributed by atoms with van der Waals surface area (Å²) in [5.41, 5.74) is 7.09. The largest absolute Gasteiger partial charge is 0.377 e. The van der Waals surface area contributed by atoms with Crippen LogP contribution in [0.3, 0.4) is 0 Å². The summed E-state index contributed by atoms with van der Waals surface area (Å²) in [6, 6.07) is 0.307. The molecule has 0 aromatic heterocycles. The minimum atomic E-state index is 0.307. The Labute approximate surface area is 117 Å². The molecule has 0 heterocycles. The van der Waals surface area contributed by atoms with E-state index >= 15 is 0 Å². The standard InChI is InChI=1S/C17H29NO/c18-16(11-19-15-3-1-2-4-15)17-8-12-5-13(9-17)7-14(6-12)10-17/h12-16H,1-11,18H2. The van der Waals surface area contributed by atoms with Crippen molar-refractivity contribution in [3.63, 3.8) is 0 Å². The van der Waals surface area contributed by atoms with Crippen molar-refractivity contribution in [2.45, 2.75) is 76.4 Å². The van der Waals surface area contributed by atoms with Crippen LogP contribution in [0, 0.1) is 23.2 Å². The molecule has 0 aromatic carbocycles. The average Bonchev–Trinajstić information content (AvgIpc) is 2.87. The summed E-state index contributed by atoms with van der Waals surface area (Å²) < 4.78 is 6.13. The van der Waals surface area contributed by atoms with E-state index in [9.17, 15) is 0 Å². The molecule has 4 bridgehead atoms. The third-order valence-electron chi connectivity index (χ3n) is 6.69. The molecule has 108 valence electrons. The monoisotopic (exact) mass is 263 g/mol. The summed E-state index contributed by atoms with van der Waals surface area (Å²) in [5, 5.41) is 0. The van der Waals surface area contributed by atoms with Crippen LogP contribution in [0.15, 0.2) is 0 Å². The Balaban J connectivity index is 1.40. The molecule has 1 unspecified atom stereocenters. The summed E-state index contributed by atoms with van der Waals surface area (Å²) in [5.74, 6) is 3.01. The van der Waals surface area contributed by atoms with E-state index in [0.717, 1.165) is 24.4 Å². The van der Waals surface area contributed by atoms with Gasteiger partial charge < -0.3 is 10.5 Å². The highest BCUT2D eigenvalue weighted by Crippen LogP contribution is 2.61. The van der Waals surface area contributed by atoms with Gasteiger partial charge in [-0.3, -0.25) is 0 Å². The van der Waals surface area contributed by atoms with Crippen molar-refractivity contribution < 1.29 is 4.74 Å². The number of nitrogens with two attached hydrogens (primary N) is 1. The Kier molecular flexibility index (Phi) is 3.15. The quantitative estimate of drug-likeness (QED) is 0.842. The van der Waals surface area contributed by atoms with Crippen molar-refractivity contribution in [3.05, 3.63) is 0 Å². The molecule has 5 saturated carbocycles. The maximum Gasteiger partial charge on any atom is 0.0626 e. The van der Waals surface area contributed by atoms with Crippen LogP contribution in [-0.2, 0) is 4.74 Å². The lowest BCUT2D eigenvalue weighted by molar-refractivity contribution is -0.0868. The Morgan fingerprint density at radius 1 is 0.947 bits per heavy atom. The van der Waals surface area contributed by atoms with Crippen LogP contribution in [0.25, 0.3) is 0 Å². The SMILES string of the molecule is NC(COC1CCCC1)C12CC3CC(CC(C3)C1)C2. The van der Waals surface area contributed by atoms with E-state index < -0.39 is 0 Å². The van der Waals surface area contributed by atoms with E-state index in [2.05, 4.69) is 0 Å². The smallest absolute Gasteiger partial charge is 0.0626 e. The Morgan fingerprint density at radius 3 is 2.00 bits per heavy atom. The van der Waals surface area contributed by atoms with Crippen LogP contribution < -0.4 is 5.73 Å². The van der Waals surface area contributed by atoms with Gasteiger partial charge in [0.05, 0.1) is 12.7 Å². The number of hydrogen-bond acceptors (Lipinski definition) is 2. The number of ether oxygens (including phenoxy) is 1. The second-order valence-electron chi connectivity index (χ2n) is 8.13. The molecule has 0 aliphatic heterocycles. The van der Waals surface area contributed by atoms with E-state index in [1.54, 1.807) is 0 Å². The van der Waals surface area contributed by atoms with Crippen LogP contribution in [0.5, 0.6) is 0 Å². The number of hydrogen-bond donors (Lipinski definition) is 1. The molecule has 0 radical (unpaired) electrons. The summed E-state index contributed by atoms with van der Waals surface area (Å²) in [6.07, 6.45) is 14.5. The third kappa shape index (κ3) is 2.25. The first-order valence-electron chi connectivity index (χ1n) is 8.61. The molecule has 5 fully saturated rings. The van der Waals surface area contributed by atoms with Crippen molar-refractivity contribution in [2.75, 3.05) is 6.61 Å². The van der Waals surface area contributed by atoms with E-state index in [1.165, 1.54) is 64.2 Å². The van der Waals surface area contributed by atoms with E-state index in [4.69, 9.17) is 10.5 Å². The Morgan fingerprint density at radius 2 is 1.47 bits per heavy atom. The predicted octanol–water partition coefficient (Wildman–Crippen LogP) is 3.49. The molecular weight excluding hydrogens is 234 g/mol. The van der Waals surface area contributed by atoms with Gasteiger partial charge in [0.1, 0.15) is 0 Å². The summed E-state index contributed by atoms with van der Waals surface area (Å²) in [4.78, 5) is 0. The van der Waals surface area contributed by atoms with Gasteiger partial charge in [0.15, 0.2) is 0 Å². The summed E-state index contributed by atoms with van der Waals surface area (Å²) in [7, 11) is 0. The lowest BCUT2D eigenvalue weighted by Crippen LogP contribution is -2.56. The molecule has 0 amide bonds. The van der Waals surface area contributed by atoms with Crippen molar-refractivity contribution in [2.24, 2.45) is 28.9 Å². The minimum absolute atomic E-state index is 0.307. The minimum Gasteiger partial charge on any atom is -0.377 e. The molecule has 19 heavy (non-hydrogen) atoms. The van der Waals surface area contributed by atoms with Crippen LogP contribution in [-0.4, -0.2) is 18.8 Å². The summed E-state index contributed by atoms with van der Waals surface area (Å²) >= 11 is 0. The molecule has 5 aliphatic carbocycles. The van der Waals surface area contributed by atoms with E-state index in [1.807, 2.05) is 0 Å². The first-order valence-corrected chi connectivity index (χ1v) is 8.61. The molecule has 2 N–H and O–H groups in total.